The molecule has 9 nitrogen and oxygen atoms in total. The molecule has 0 bridgehead atoms. The van der Waals surface area contributed by atoms with E-state index in [1.54, 1.807) is 36.4 Å². The largest absolute Gasteiger partial charge is 0.427 e. The fourth-order valence-electron chi connectivity index (χ4n) is 3.66. The van der Waals surface area contributed by atoms with Crippen LogP contribution in [0, 0.1) is 10.1 Å². The van der Waals surface area contributed by atoms with Crippen molar-refractivity contribution in [3.63, 3.8) is 0 Å². The number of ether oxygens (including phenoxy) is 2. The number of nitro benzene ring substituents is 1. The third kappa shape index (κ3) is 5.31. The average molecular weight is 537 g/mol. The van der Waals surface area contributed by atoms with Gasteiger partial charge in [-0.05, 0) is 42.0 Å². The molecule has 12 heteroatoms. The van der Waals surface area contributed by atoms with Crippen LogP contribution >= 0.6 is 23.2 Å². The summed E-state index contributed by atoms with van der Waals surface area (Å²) in [4.78, 5) is 21.4. The quantitative estimate of drug-likeness (QED) is 0.182. The van der Waals surface area contributed by atoms with Crippen molar-refractivity contribution in [3.05, 3.63) is 98.0 Å². The first-order valence-corrected chi connectivity index (χ1v) is 12.4. The molecule has 1 saturated heterocycles. The first-order chi connectivity index (χ1) is 16.6. The second-order valence-electron chi connectivity index (χ2n) is 7.63. The third-order valence-electron chi connectivity index (χ3n) is 5.30. The molecule has 0 N–H and O–H groups in total. The molecule has 1 aliphatic rings. The van der Waals surface area contributed by atoms with Crippen LogP contribution in [0.4, 0.5) is 5.69 Å². The Hall–Kier alpha value is -3.02. The number of esters is 1. The first kappa shape index (κ1) is 25.1. The zero-order valence-electron chi connectivity index (χ0n) is 18.1. The third-order valence-corrected chi connectivity index (χ3v) is 7.68. The predicted octanol–water partition coefficient (Wildman–Crippen LogP) is 5.29. The Balaban J connectivity index is 1.72. The lowest BCUT2D eigenvalue weighted by molar-refractivity contribution is -0.384. The first-order valence-electron chi connectivity index (χ1n) is 10.2. The van der Waals surface area contributed by atoms with Crippen LogP contribution in [-0.2, 0) is 19.6 Å². The SMILES string of the molecule is CC(=O)Oc1ccc([C@H]2CN(S(=O)(=O)c3ccc([N+](=O)[O-])cc3)[C@@H](c3ccc(Cl)cc3Cl)O2)cc1. The van der Waals surface area contributed by atoms with Gasteiger partial charge in [0.1, 0.15) is 5.75 Å². The number of benzene rings is 3. The number of nitrogens with zero attached hydrogens (tertiary/aromatic N) is 2. The Bertz CT molecular complexity index is 1380. The standard InChI is InChI=1S/C23H18Cl2N2O7S/c1-14(28)33-18-7-2-15(3-8-18)22-13-26(23(34-22)20-11-4-16(24)12-21(20)25)35(31,32)19-9-5-17(6-10-19)27(29)30/h2-12,22-23H,13H2,1H3/t22-,23-/m1/s1. The Morgan fingerprint density at radius 2 is 1.74 bits per heavy atom. The average Bonchev–Trinajstić information content (AvgIpc) is 3.25. The zero-order valence-corrected chi connectivity index (χ0v) is 20.5. The van der Waals surface area contributed by atoms with E-state index in [1.165, 1.54) is 25.1 Å². The fourth-order valence-corrected chi connectivity index (χ4v) is 5.66. The van der Waals surface area contributed by atoms with Crippen LogP contribution in [0.5, 0.6) is 5.75 Å². The van der Waals surface area contributed by atoms with Crippen LogP contribution in [0.1, 0.15) is 30.4 Å². The number of rotatable bonds is 6. The van der Waals surface area contributed by atoms with Gasteiger partial charge in [0.05, 0.1) is 15.9 Å². The highest BCUT2D eigenvalue weighted by Gasteiger charge is 2.43. The van der Waals surface area contributed by atoms with Gasteiger partial charge in [0.25, 0.3) is 5.69 Å². The van der Waals surface area contributed by atoms with Gasteiger partial charge in [-0.1, -0.05) is 41.4 Å². The molecule has 0 spiro atoms. The van der Waals surface area contributed by atoms with Gasteiger partial charge in [0.2, 0.25) is 10.0 Å². The Morgan fingerprint density at radius 1 is 1.09 bits per heavy atom. The minimum atomic E-state index is -4.15. The van der Waals surface area contributed by atoms with Gasteiger partial charge in [0, 0.05) is 41.2 Å². The van der Waals surface area contributed by atoms with Crippen LogP contribution in [0.15, 0.2) is 71.6 Å². The smallest absolute Gasteiger partial charge is 0.308 e. The van der Waals surface area contributed by atoms with E-state index in [1.807, 2.05) is 0 Å². The summed E-state index contributed by atoms with van der Waals surface area (Å²) < 4.78 is 39.5. The molecule has 182 valence electrons. The lowest BCUT2D eigenvalue weighted by Crippen LogP contribution is -2.31. The van der Waals surface area contributed by atoms with Gasteiger partial charge in [0.15, 0.2) is 6.23 Å². The second kappa shape index (κ2) is 9.92. The Morgan fingerprint density at radius 3 is 2.31 bits per heavy atom. The van der Waals surface area contributed by atoms with E-state index in [2.05, 4.69) is 0 Å². The van der Waals surface area contributed by atoms with Crippen molar-refractivity contribution in [1.82, 2.24) is 4.31 Å². The number of hydrogen-bond acceptors (Lipinski definition) is 7. The van der Waals surface area contributed by atoms with E-state index in [0.29, 0.717) is 21.9 Å². The fraction of sp³-hybridized carbons (Fsp3) is 0.174. The van der Waals surface area contributed by atoms with Gasteiger partial charge < -0.3 is 9.47 Å². The molecular formula is C23H18Cl2N2O7S. The minimum absolute atomic E-state index is 0.0597. The maximum atomic E-state index is 13.6. The molecule has 3 aromatic rings. The van der Waals surface area contributed by atoms with Gasteiger partial charge in [-0.2, -0.15) is 4.31 Å². The Labute approximate surface area is 211 Å². The van der Waals surface area contributed by atoms with Crippen molar-refractivity contribution in [3.8, 4) is 5.75 Å². The van der Waals surface area contributed by atoms with Crippen LogP contribution in [0.2, 0.25) is 10.0 Å². The molecule has 0 aromatic heterocycles. The highest BCUT2D eigenvalue weighted by Crippen LogP contribution is 2.43. The summed E-state index contributed by atoms with van der Waals surface area (Å²) in [5.41, 5.74) is 0.808. The van der Waals surface area contributed by atoms with Gasteiger partial charge >= 0.3 is 5.97 Å². The minimum Gasteiger partial charge on any atom is -0.427 e. The molecule has 0 amide bonds. The van der Waals surface area contributed by atoms with Crippen molar-refractivity contribution < 1.29 is 27.6 Å². The molecule has 4 rings (SSSR count). The number of carbonyl (C=O) groups excluding carboxylic acids is 1. The second-order valence-corrected chi connectivity index (χ2v) is 10.4. The van der Waals surface area contributed by atoms with E-state index in [9.17, 15) is 23.3 Å². The molecule has 2 atom stereocenters. The van der Waals surface area contributed by atoms with Crippen LogP contribution in [0.3, 0.4) is 0 Å². The van der Waals surface area contributed by atoms with Crippen molar-refractivity contribution in [2.24, 2.45) is 0 Å². The lowest BCUT2D eigenvalue weighted by Gasteiger charge is -2.23. The number of sulfonamides is 1. The van der Waals surface area contributed by atoms with Crippen LogP contribution in [0.25, 0.3) is 0 Å². The molecule has 1 aliphatic heterocycles. The maximum Gasteiger partial charge on any atom is 0.308 e. The monoisotopic (exact) mass is 536 g/mol. The molecule has 0 saturated carbocycles. The van der Waals surface area contributed by atoms with Crippen LogP contribution in [-0.4, -0.2) is 30.2 Å². The number of nitro groups is 1. The number of halogens is 2. The summed E-state index contributed by atoms with van der Waals surface area (Å²) in [5, 5.41) is 11.6. The molecule has 3 aromatic carbocycles. The molecular weight excluding hydrogens is 519 g/mol. The summed E-state index contributed by atoms with van der Waals surface area (Å²) in [5.74, 6) is -0.125. The summed E-state index contributed by atoms with van der Waals surface area (Å²) in [6.07, 6.45) is -1.76. The Kier molecular flexibility index (Phi) is 7.11. The zero-order chi connectivity index (χ0) is 25.3. The maximum absolute atomic E-state index is 13.6. The highest BCUT2D eigenvalue weighted by molar-refractivity contribution is 7.89. The van der Waals surface area contributed by atoms with E-state index < -0.39 is 33.2 Å². The lowest BCUT2D eigenvalue weighted by atomic mass is 10.1. The molecule has 35 heavy (non-hydrogen) atoms. The summed E-state index contributed by atoms with van der Waals surface area (Å²) in [6.45, 7) is 1.23. The number of hydrogen-bond donors (Lipinski definition) is 0. The molecule has 0 radical (unpaired) electrons. The van der Waals surface area contributed by atoms with Gasteiger partial charge in [-0.25, -0.2) is 8.42 Å². The topological polar surface area (TPSA) is 116 Å². The molecule has 0 unspecified atom stereocenters. The number of non-ortho nitro benzene ring substituents is 1. The van der Waals surface area contributed by atoms with Crippen molar-refractivity contribution in [1.29, 1.82) is 0 Å². The molecule has 0 aliphatic carbocycles. The summed E-state index contributed by atoms with van der Waals surface area (Å²) in [6, 6.07) is 15.7. The van der Waals surface area contributed by atoms with Crippen molar-refractivity contribution >= 4 is 44.9 Å². The van der Waals surface area contributed by atoms with Gasteiger partial charge in [-0.15, -0.1) is 0 Å². The molecule has 1 heterocycles. The number of carbonyl (C=O) groups is 1. The summed E-state index contributed by atoms with van der Waals surface area (Å²) >= 11 is 12.4. The molecule has 1 fully saturated rings. The van der Waals surface area contributed by atoms with E-state index in [0.717, 1.165) is 16.4 Å². The van der Waals surface area contributed by atoms with E-state index in [-0.39, 0.29) is 22.2 Å². The van der Waals surface area contributed by atoms with E-state index >= 15 is 0 Å². The summed E-state index contributed by atoms with van der Waals surface area (Å²) in [7, 11) is -4.15. The van der Waals surface area contributed by atoms with E-state index in [4.69, 9.17) is 32.7 Å². The van der Waals surface area contributed by atoms with Crippen molar-refractivity contribution in [2.45, 2.75) is 24.2 Å². The predicted molar refractivity (Wildman–Crippen MR) is 128 cm³/mol. The van der Waals surface area contributed by atoms with Crippen LogP contribution < -0.4 is 4.74 Å². The normalized spacial score (nSPS) is 18.4. The van der Waals surface area contributed by atoms with Crippen molar-refractivity contribution in [2.75, 3.05) is 6.54 Å². The highest BCUT2D eigenvalue weighted by atomic mass is 35.5. The van der Waals surface area contributed by atoms with Gasteiger partial charge in [-0.3, -0.25) is 14.9 Å².